The van der Waals surface area contributed by atoms with Crippen molar-refractivity contribution in [3.05, 3.63) is 29.8 Å². The fraction of sp³-hybridized carbons (Fsp3) is 0.588. The second-order valence-electron chi connectivity index (χ2n) is 6.25. The molecule has 2 heterocycles. The fourth-order valence-corrected chi connectivity index (χ4v) is 4.44. The lowest BCUT2D eigenvalue weighted by Gasteiger charge is -2.26. The van der Waals surface area contributed by atoms with E-state index in [1.165, 1.54) is 16.4 Å². The molecule has 0 spiro atoms. The van der Waals surface area contributed by atoms with Gasteiger partial charge in [-0.05, 0) is 18.2 Å². The molecule has 2 fully saturated rings. The highest BCUT2D eigenvalue weighted by Crippen LogP contribution is 2.18. The summed E-state index contributed by atoms with van der Waals surface area (Å²) in [5.41, 5.74) is 0.348. The van der Waals surface area contributed by atoms with Gasteiger partial charge < -0.3 is 14.8 Å². The van der Waals surface area contributed by atoms with Crippen LogP contribution in [0.4, 0.5) is 0 Å². The van der Waals surface area contributed by atoms with E-state index in [4.69, 9.17) is 9.47 Å². The van der Waals surface area contributed by atoms with E-state index in [0.717, 1.165) is 32.8 Å². The number of amides is 1. The maximum atomic E-state index is 12.7. The summed E-state index contributed by atoms with van der Waals surface area (Å²) in [5, 5.41) is 2.85. The molecule has 3 rings (SSSR count). The van der Waals surface area contributed by atoms with Crippen molar-refractivity contribution in [2.45, 2.75) is 4.90 Å². The maximum Gasteiger partial charge on any atom is 0.251 e. The number of sulfonamides is 1. The minimum absolute atomic E-state index is 0.139. The molecule has 0 unspecified atom stereocenters. The number of ether oxygens (including phenoxy) is 2. The molecule has 2 aliphatic rings. The number of carbonyl (C=O) groups is 1. The monoisotopic (exact) mass is 383 g/mol. The molecule has 0 saturated carbocycles. The summed E-state index contributed by atoms with van der Waals surface area (Å²) in [6.07, 6.45) is 0. The van der Waals surface area contributed by atoms with Gasteiger partial charge in [0.15, 0.2) is 0 Å². The van der Waals surface area contributed by atoms with Gasteiger partial charge in [-0.3, -0.25) is 9.69 Å². The van der Waals surface area contributed by atoms with Crippen molar-refractivity contribution in [2.75, 3.05) is 65.7 Å². The molecule has 2 aliphatic heterocycles. The Kier molecular flexibility index (Phi) is 6.60. The van der Waals surface area contributed by atoms with E-state index in [1.54, 1.807) is 12.1 Å². The Hall–Kier alpha value is -1.52. The number of nitrogens with one attached hydrogen (secondary N) is 1. The quantitative estimate of drug-likeness (QED) is 0.730. The zero-order valence-corrected chi connectivity index (χ0v) is 15.5. The number of benzene rings is 1. The van der Waals surface area contributed by atoms with Crippen LogP contribution in [-0.2, 0) is 19.5 Å². The van der Waals surface area contributed by atoms with Crippen molar-refractivity contribution in [3.63, 3.8) is 0 Å². The van der Waals surface area contributed by atoms with Crippen LogP contribution in [0.3, 0.4) is 0 Å². The van der Waals surface area contributed by atoms with Crippen molar-refractivity contribution in [3.8, 4) is 0 Å². The lowest BCUT2D eigenvalue weighted by Crippen LogP contribution is -2.41. The van der Waals surface area contributed by atoms with Crippen LogP contribution < -0.4 is 5.32 Å². The molecule has 0 aromatic heterocycles. The highest BCUT2D eigenvalue weighted by Gasteiger charge is 2.26. The molecular weight excluding hydrogens is 358 g/mol. The summed E-state index contributed by atoms with van der Waals surface area (Å²) in [6.45, 7) is 5.87. The first-order valence-corrected chi connectivity index (χ1v) is 10.3. The predicted octanol–water partition coefficient (Wildman–Crippen LogP) is -0.230. The van der Waals surface area contributed by atoms with Gasteiger partial charge in [-0.25, -0.2) is 8.42 Å². The molecule has 144 valence electrons. The first-order chi connectivity index (χ1) is 12.6. The lowest BCUT2D eigenvalue weighted by atomic mass is 10.2. The van der Waals surface area contributed by atoms with Crippen LogP contribution in [0.1, 0.15) is 10.4 Å². The van der Waals surface area contributed by atoms with Crippen molar-refractivity contribution in [1.82, 2.24) is 14.5 Å². The minimum atomic E-state index is -3.60. The first-order valence-electron chi connectivity index (χ1n) is 8.83. The molecule has 26 heavy (non-hydrogen) atoms. The molecule has 8 nitrogen and oxygen atoms in total. The van der Waals surface area contributed by atoms with E-state index in [0.29, 0.717) is 38.4 Å². The third kappa shape index (κ3) is 4.80. The van der Waals surface area contributed by atoms with Gasteiger partial charge in [-0.15, -0.1) is 0 Å². The largest absolute Gasteiger partial charge is 0.379 e. The SMILES string of the molecule is O=C(NCCN1CCOCC1)c1cccc(S(=O)(=O)N2CCOCC2)c1. The van der Waals surface area contributed by atoms with Crippen molar-refractivity contribution >= 4 is 15.9 Å². The molecule has 1 aromatic rings. The Morgan fingerprint density at radius 3 is 2.38 bits per heavy atom. The van der Waals surface area contributed by atoms with Crippen molar-refractivity contribution in [2.24, 2.45) is 0 Å². The molecule has 2 saturated heterocycles. The number of hydrogen-bond donors (Lipinski definition) is 1. The van der Waals surface area contributed by atoms with E-state index in [1.807, 2.05) is 0 Å². The predicted molar refractivity (Wildman–Crippen MR) is 95.6 cm³/mol. The summed E-state index contributed by atoms with van der Waals surface area (Å²) in [4.78, 5) is 14.7. The Labute approximate surface area is 154 Å². The van der Waals surface area contributed by atoms with Crippen LogP contribution in [0.15, 0.2) is 29.2 Å². The molecule has 0 bridgehead atoms. The summed E-state index contributed by atoms with van der Waals surface area (Å²) in [7, 11) is -3.60. The van der Waals surface area contributed by atoms with Crippen LogP contribution in [-0.4, -0.2) is 89.2 Å². The zero-order chi connectivity index (χ0) is 18.4. The Balaban J connectivity index is 1.59. The van der Waals surface area contributed by atoms with Crippen LogP contribution >= 0.6 is 0 Å². The summed E-state index contributed by atoms with van der Waals surface area (Å²) in [6, 6.07) is 6.19. The van der Waals surface area contributed by atoms with Crippen LogP contribution in [0.2, 0.25) is 0 Å². The second-order valence-corrected chi connectivity index (χ2v) is 8.19. The van der Waals surface area contributed by atoms with Crippen molar-refractivity contribution in [1.29, 1.82) is 0 Å². The van der Waals surface area contributed by atoms with Gasteiger partial charge in [-0.1, -0.05) is 6.07 Å². The Morgan fingerprint density at radius 2 is 1.69 bits per heavy atom. The van der Waals surface area contributed by atoms with E-state index in [-0.39, 0.29) is 10.8 Å². The standard InChI is InChI=1S/C17H25N3O5S/c21-17(18-4-5-19-6-10-24-11-7-19)15-2-1-3-16(14-15)26(22,23)20-8-12-25-13-9-20/h1-3,14H,4-13H2,(H,18,21). The molecule has 0 atom stereocenters. The van der Waals surface area contributed by atoms with Gasteiger partial charge in [0.05, 0.1) is 31.3 Å². The van der Waals surface area contributed by atoms with Crippen LogP contribution in [0, 0.1) is 0 Å². The number of morpholine rings is 2. The van der Waals surface area contributed by atoms with Crippen LogP contribution in [0.25, 0.3) is 0 Å². The minimum Gasteiger partial charge on any atom is -0.379 e. The van der Waals surface area contributed by atoms with E-state index in [9.17, 15) is 13.2 Å². The molecule has 1 N–H and O–H groups in total. The molecular formula is C17H25N3O5S. The smallest absolute Gasteiger partial charge is 0.251 e. The summed E-state index contributed by atoms with van der Waals surface area (Å²) >= 11 is 0. The lowest BCUT2D eigenvalue weighted by molar-refractivity contribution is 0.0383. The average Bonchev–Trinajstić information content (AvgIpc) is 2.69. The van der Waals surface area contributed by atoms with Crippen molar-refractivity contribution < 1.29 is 22.7 Å². The van der Waals surface area contributed by atoms with Gasteiger partial charge >= 0.3 is 0 Å². The summed E-state index contributed by atoms with van der Waals surface area (Å²) < 4.78 is 37.3. The average molecular weight is 383 g/mol. The first kappa shape index (κ1) is 19.2. The van der Waals surface area contributed by atoms with Crippen LogP contribution in [0.5, 0.6) is 0 Å². The molecule has 0 aliphatic carbocycles. The van der Waals surface area contributed by atoms with E-state index in [2.05, 4.69) is 10.2 Å². The molecule has 1 amide bonds. The number of rotatable bonds is 6. The van der Waals surface area contributed by atoms with Gasteiger partial charge in [-0.2, -0.15) is 4.31 Å². The fourth-order valence-electron chi connectivity index (χ4n) is 2.99. The molecule has 0 radical (unpaired) electrons. The third-order valence-corrected chi connectivity index (χ3v) is 6.42. The van der Waals surface area contributed by atoms with Gasteiger partial charge in [0.25, 0.3) is 5.91 Å². The van der Waals surface area contributed by atoms with E-state index >= 15 is 0 Å². The van der Waals surface area contributed by atoms with Gasteiger partial charge in [0, 0.05) is 44.8 Å². The molecule has 1 aromatic carbocycles. The number of nitrogens with zero attached hydrogens (tertiary/aromatic N) is 2. The van der Waals surface area contributed by atoms with Gasteiger partial charge in [0.1, 0.15) is 0 Å². The highest BCUT2D eigenvalue weighted by molar-refractivity contribution is 7.89. The van der Waals surface area contributed by atoms with Gasteiger partial charge in [0.2, 0.25) is 10.0 Å². The topological polar surface area (TPSA) is 88.2 Å². The number of carbonyl (C=O) groups excluding carboxylic acids is 1. The summed E-state index contributed by atoms with van der Waals surface area (Å²) in [5.74, 6) is -0.266. The third-order valence-electron chi connectivity index (χ3n) is 4.52. The number of hydrogen-bond acceptors (Lipinski definition) is 6. The Morgan fingerprint density at radius 1 is 1.04 bits per heavy atom. The second kappa shape index (κ2) is 8.92. The normalized spacial score (nSPS) is 20.0. The molecule has 9 heteroatoms. The zero-order valence-electron chi connectivity index (χ0n) is 14.7. The highest BCUT2D eigenvalue weighted by atomic mass is 32.2. The maximum absolute atomic E-state index is 12.7. The Bertz CT molecular complexity index is 713. The van der Waals surface area contributed by atoms with E-state index < -0.39 is 10.0 Å².